The molecule has 95 heavy (non-hydrogen) atoms. The minimum absolute atomic E-state index is 0.829. The first-order valence-electron chi connectivity index (χ1n) is 31.3. The third-order valence-corrected chi connectivity index (χ3v) is 16.0. The first-order chi connectivity index (χ1) is 45.6. The Kier molecular flexibility index (Phi) is 26.7. The van der Waals surface area contributed by atoms with Crippen LogP contribution < -0.4 is 0 Å². The third kappa shape index (κ3) is 20.9. The number of pyridine rings is 3. The van der Waals surface area contributed by atoms with E-state index >= 15 is 0 Å². The van der Waals surface area contributed by atoms with Gasteiger partial charge in [-0.25, -0.2) is 9.97 Å². The molecule has 0 radical (unpaired) electrons. The summed E-state index contributed by atoms with van der Waals surface area (Å²) in [5.74, 6) is 0.829. The van der Waals surface area contributed by atoms with Crippen molar-refractivity contribution < 1.29 is 0 Å². The van der Waals surface area contributed by atoms with Gasteiger partial charge in [-0.15, -0.1) is 0 Å². The molecule has 0 saturated carbocycles. The van der Waals surface area contributed by atoms with E-state index in [1.54, 1.807) is 12.4 Å². The number of aromatic nitrogens is 15. The fourth-order valence-corrected chi connectivity index (χ4v) is 10.3. The molecule has 9 aromatic heterocycles. The first-order valence-corrected chi connectivity index (χ1v) is 32.1. The summed E-state index contributed by atoms with van der Waals surface area (Å²) in [6.45, 7) is 36.4. The topological polar surface area (TPSA) is 193 Å². The molecule has 9 heterocycles. The van der Waals surface area contributed by atoms with Gasteiger partial charge in [0.15, 0.2) is 0 Å². The van der Waals surface area contributed by atoms with Crippen LogP contribution in [-0.2, 0) is 0 Å². The second-order valence-corrected chi connectivity index (χ2v) is 23.8. The molecular formula is C79H85N15S. The zero-order valence-electron chi connectivity index (χ0n) is 58.0. The number of nitrogens with zero attached hydrogens (tertiary/aromatic N) is 15. The van der Waals surface area contributed by atoms with Gasteiger partial charge in [0.25, 0.3) is 0 Å². The van der Waals surface area contributed by atoms with Gasteiger partial charge < -0.3 is 0 Å². The molecule has 0 aliphatic rings. The lowest BCUT2D eigenvalue weighted by Crippen LogP contribution is -1.91. The van der Waals surface area contributed by atoms with Crippen molar-refractivity contribution in [2.45, 2.75) is 125 Å². The molecule has 16 heteroatoms. The molecule has 0 aliphatic heterocycles. The number of aryl methyl sites for hydroxylation is 18. The number of fused-ring (bicyclic) bond motifs is 6. The van der Waals surface area contributed by atoms with Crippen LogP contribution >= 0.6 is 11.7 Å². The Hall–Kier alpha value is -10.7. The fourth-order valence-electron chi connectivity index (χ4n) is 9.66. The lowest BCUT2D eigenvalue weighted by molar-refractivity contribution is 0.941. The van der Waals surface area contributed by atoms with Crippen LogP contribution in [0.1, 0.15) is 101 Å². The van der Waals surface area contributed by atoms with Gasteiger partial charge in [0.1, 0.15) is 16.9 Å². The highest BCUT2D eigenvalue weighted by Crippen LogP contribution is 2.24. The van der Waals surface area contributed by atoms with E-state index in [2.05, 4.69) is 234 Å². The summed E-state index contributed by atoms with van der Waals surface area (Å²) in [7, 11) is 0. The summed E-state index contributed by atoms with van der Waals surface area (Å²) in [6, 6.07) is 43.6. The second kappa shape index (κ2) is 35.4. The second-order valence-electron chi connectivity index (χ2n) is 23.3. The van der Waals surface area contributed by atoms with Gasteiger partial charge in [-0.2, -0.15) is 39.3 Å². The molecule has 0 atom stereocenters. The lowest BCUT2D eigenvalue weighted by atomic mass is 10.0. The van der Waals surface area contributed by atoms with Crippen molar-refractivity contribution in [2.75, 3.05) is 0 Å². The Morgan fingerprint density at radius 1 is 0.242 bits per heavy atom. The first kappa shape index (κ1) is 71.7. The van der Waals surface area contributed by atoms with Gasteiger partial charge in [-0.3, -0.25) is 24.9 Å². The van der Waals surface area contributed by atoms with Crippen molar-refractivity contribution in [3.05, 3.63) is 291 Å². The molecule has 15 rings (SSSR count). The monoisotopic (exact) mass is 1280 g/mol. The van der Waals surface area contributed by atoms with Gasteiger partial charge in [-0.05, 0) is 215 Å². The predicted molar refractivity (Wildman–Crippen MR) is 393 cm³/mol. The van der Waals surface area contributed by atoms with Crippen molar-refractivity contribution in [1.82, 2.24) is 74.2 Å². The molecule has 0 aliphatic carbocycles. The Morgan fingerprint density at radius 3 is 1.07 bits per heavy atom. The Morgan fingerprint density at radius 2 is 0.642 bits per heavy atom. The van der Waals surface area contributed by atoms with Crippen LogP contribution in [0.2, 0.25) is 0 Å². The van der Waals surface area contributed by atoms with Gasteiger partial charge in [-0.1, -0.05) is 103 Å². The van der Waals surface area contributed by atoms with Crippen LogP contribution in [0.25, 0.3) is 65.0 Å². The number of rotatable bonds is 0. The zero-order chi connectivity index (χ0) is 68.6. The standard InChI is InChI=1S/3C11H11N.2C10H10N2.C8H8N2S.3C6H8N2/c1-8-3-4-9(2)11-7-12-6-5-10(8)11;1-8-5-6-9(2)11-10(8)4-3-7-12-11;1-8-7-12-9(2)11-6-4-3-5-10(8)11;1-7-3-4-8(2)10-6-12-11-5-9(7)10;1-7-9-5-3-4-6-10(9)8(2)12-11-7;1-5-3-4-6(2)8-7(5)9-11-10-8;1-5-3-8-6(2)4-7-5;1-5-3-7-6(2)8-4-5;1-5-3-4-6(2)8-7-5/h3*3-7H,1-2H3;2*3-6H,1-2H3;3-4H,1-2H3;3*3-4H,1-2H3. The molecule has 0 unspecified atom stereocenters. The number of hydrogen-bond acceptors (Lipinski definition) is 16. The Bertz CT molecular complexity index is 4050. The molecule has 482 valence electrons. The average molecular weight is 1280 g/mol. The van der Waals surface area contributed by atoms with Crippen molar-refractivity contribution in [1.29, 1.82) is 0 Å². The van der Waals surface area contributed by atoms with E-state index in [4.69, 9.17) is 0 Å². The smallest absolute Gasteiger partial charge is 0.125 e. The van der Waals surface area contributed by atoms with Crippen molar-refractivity contribution in [2.24, 2.45) is 0 Å². The summed E-state index contributed by atoms with van der Waals surface area (Å²) in [5, 5.41) is 34.7. The number of benzene rings is 6. The van der Waals surface area contributed by atoms with Crippen LogP contribution in [0, 0.1) is 125 Å². The van der Waals surface area contributed by atoms with Crippen LogP contribution in [0.15, 0.2) is 189 Å². The molecule has 0 amide bonds. The largest absolute Gasteiger partial charge is 0.264 e. The normalized spacial score (nSPS) is 10.2. The van der Waals surface area contributed by atoms with E-state index < -0.39 is 0 Å². The Labute approximate surface area is 563 Å². The van der Waals surface area contributed by atoms with E-state index in [9.17, 15) is 0 Å². The quantitative estimate of drug-likeness (QED) is 0.139. The minimum Gasteiger partial charge on any atom is -0.264 e. The molecule has 15 nitrogen and oxygen atoms in total. The molecule has 0 saturated heterocycles. The van der Waals surface area contributed by atoms with Crippen molar-refractivity contribution in [3.63, 3.8) is 0 Å². The molecular weight excluding hydrogens is 1190 g/mol. The van der Waals surface area contributed by atoms with Gasteiger partial charge >= 0.3 is 0 Å². The lowest BCUT2D eigenvalue weighted by Gasteiger charge is -2.03. The highest BCUT2D eigenvalue weighted by Gasteiger charge is 2.05. The third-order valence-electron chi connectivity index (χ3n) is 15.4. The maximum Gasteiger partial charge on any atom is 0.125 e. The summed E-state index contributed by atoms with van der Waals surface area (Å²) in [6.07, 6.45) is 18.3. The van der Waals surface area contributed by atoms with Crippen LogP contribution in [0.3, 0.4) is 0 Å². The van der Waals surface area contributed by atoms with E-state index in [0.29, 0.717) is 0 Å². The highest BCUT2D eigenvalue weighted by atomic mass is 32.1. The van der Waals surface area contributed by atoms with E-state index in [-0.39, 0.29) is 0 Å². The molecule has 0 spiro atoms. The fraction of sp³-hybridized carbons (Fsp3) is 0.228. The maximum absolute atomic E-state index is 4.34. The predicted octanol–water partition coefficient (Wildman–Crippen LogP) is 18.6. The molecule has 0 N–H and O–H groups in total. The molecule has 0 bridgehead atoms. The van der Waals surface area contributed by atoms with Crippen LogP contribution in [-0.4, -0.2) is 74.2 Å². The number of hydrogen-bond donors (Lipinski definition) is 0. The minimum atomic E-state index is 0.829. The van der Waals surface area contributed by atoms with Crippen molar-refractivity contribution in [3.8, 4) is 0 Å². The van der Waals surface area contributed by atoms with Gasteiger partial charge in [0.2, 0.25) is 0 Å². The van der Waals surface area contributed by atoms with E-state index in [1.807, 2.05) is 142 Å². The molecule has 6 aromatic carbocycles. The van der Waals surface area contributed by atoms with Crippen LogP contribution in [0.5, 0.6) is 0 Å². The summed E-state index contributed by atoms with van der Waals surface area (Å²) in [4.78, 5) is 28.7. The SMILES string of the molecule is Cc1ccc(C)c2cnccc12.Cc1ccc(C)c2cnncc12.Cc1ccc(C)c2ncccc12.Cc1ccc(C)c2nsnc12.Cc1ccc(C)nn1.Cc1cnc(C)c2ccccc12.Cc1cnc(C)cn1.Cc1cnc(C)nc1.Cc1nnc(C)c2ccccc12. The van der Waals surface area contributed by atoms with E-state index in [1.165, 1.54) is 110 Å². The Balaban J connectivity index is 0.000000152. The summed E-state index contributed by atoms with van der Waals surface area (Å²) < 4.78 is 8.42. The maximum atomic E-state index is 4.34. The molecule has 0 fully saturated rings. The van der Waals surface area contributed by atoms with E-state index in [0.717, 1.165) is 67.8 Å². The molecule has 15 aromatic rings. The average Bonchev–Trinajstić information content (AvgIpc) is 1.57. The summed E-state index contributed by atoms with van der Waals surface area (Å²) in [5.41, 5.74) is 22.6. The van der Waals surface area contributed by atoms with Crippen molar-refractivity contribution >= 4 is 76.8 Å². The van der Waals surface area contributed by atoms with Gasteiger partial charge in [0, 0.05) is 93.0 Å². The zero-order valence-corrected chi connectivity index (χ0v) is 58.8. The highest BCUT2D eigenvalue weighted by molar-refractivity contribution is 7.00. The van der Waals surface area contributed by atoms with Crippen LogP contribution in [0.4, 0.5) is 0 Å². The summed E-state index contributed by atoms with van der Waals surface area (Å²) >= 11 is 1.28. The van der Waals surface area contributed by atoms with Gasteiger partial charge in [0.05, 0.1) is 63.8 Å².